The molecular formula is C17H18O3. The highest BCUT2D eigenvalue weighted by Crippen LogP contribution is 2.30. The fourth-order valence-corrected chi connectivity index (χ4v) is 2.51. The van der Waals surface area contributed by atoms with E-state index in [4.69, 9.17) is 9.84 Å². The molecule has 0 radical (unpaired) electrons. The van der Waals surface area contributed by atoms with Crippen LogP contribution in [0.1, 0.15) is 27.0 Å². The first-order valence-electron chi connectivity index (χ1n) is 6.43. The van der Waals surface area contributed by atoms with Gasteiger partial charge in [-0.1, -0.05) is 6.07 Å². The molecule has 0 spiro atoms. The van der Waals surface area contributed by atoms with Crippen molar-refractivity contribution >= 4 is 5.97 Å². The molecule has 0 aliphatic heterocycles. The number of carboxylic acids is 1. The number of benzene rings is 2. The molecular weight excluding hydrogens is 252 g/mol. The van der Waals surface area contributed by atoms with Crippen molar-refractivity contribution in [3.8, 4) is 16.9 Å². The molecule has 2 aromatic rings. The van der Waals surface area contributed by atoms with Crippen LogP contribution in [0.25, 0.3) is 11.1 Å². The van der Waals surface area contributed by atoms with Gasteiger partial charge in [-0.05, 0) is 72.9 Å². The lowest BCUT2D eigenvalue weighted by Gasteiger charge is -2.12. The van der Waals surface area contributed by atoms with Crippen molar-refractivity contribution in [2.45, 2.75) is 20.8 Å². The average Bonchev–Trinajstić information content (AvgIpc) is 2.37. The number of carboxylic acid groups (broad SMARTS) is 1. The molecule has 0 fully saturated rings. The van der Waals surface area contributed by atoms with Crippen LogP contribution in [0.4, 0.5) is 0 Å². The summed E-state index contributed by atoms with van der Waals surface area (Å²) in [7, 11) is 1.66. The van der Waals surface area contributed by atoms with E-state index in [1.165, 1.54) is 0 Å². The Labute approximate surface area is 118 Å². The summed E-state index contributed by atoms with van der Waals surface area (Å²) in [5, 5.41) is 9.15. The van der Waals surface area contributed by atoms with Crippen molar-refractivity contribution in [1.82, 2.24) is 0 Å². The first kappa shape index (κ1) is 14.1. The molecule has 0 saturated carbocycles. The summed E-state index contributed by atoms with van der Waals surface area (Å²) >= 11 is 0. The Kier molecular flexibility index (Phi) is 3.79. The molecule has 0 aliphatic rings. The molecule has 104 valence electrons. The van der Waals surface area contributed by atoms with Crippen molar-refractivity contribution in [2.24, 2.45) is 0 Å². The third kappa shape index (κ3) is 2.67. The number of carbonyl (C=O) groups is 1. The number of ether oxygens (including phenoxy) is 1. The zero-order valence-corrected chi connectivity index (χ0v) is 12.2. The zero-order valence-electron chi connectivity index (χ0n) is 12.2. The highest BCUT2D eigenvalue weighted by Gasteiger charge is 2.10. The molecule has 2 aromatic carbocycles. The third-order valence-corrected chi connectivity index (χ3v) is 3.32. The first-order chi connectivity index (χ1) is 9.42. The van der Waals surface area contributed by atoms with Crippen molar-refractivity contribution < 1.29 is 14.6 Å². The molecule has 0 heterocycles. The van der Waals surface area contributed by atoms with Crippen LogP contribution in [0.15, 0.2) is 30.3 Å². The SMILES string of the molecule is COc1c(C)cc(-c2cc(C)cc(C(=O)O)c2)cc1C. The number of aromatic carboxylic acids is 1. The molecule has 0 saturated heterocycles. The molecule has 0 aliphatic carbocycles. The van der Waals surface area contributed by atoms with Gasteiger partial charge in [0.25, 0.3) is 0 Å². The standard InChI is InChI=1S/C17H18O3/c1-10-5-13(9-15(6-10)17(18)19)14-7-11(2)16(20-4)12(3)8-14/h5-9H,1-4H3,(H,18,19). The summed E-state index contributed by atoms with van der Waals surface area (Å²) in [5.74, 6) is -0.0308. The fourth-order valence-electron chi connectivity index (χ4n) is 2.51. The molecule has 0 atom stereocenters. The van der Waals surface area contributed by atoms with E-state index in [-0.39, 0.29) is 0 Å². The molecule has 20 heavy (non-hydrogen) atoms. The van der Waals surface area contributed by atoms with Crippen LogP contribution in [0.5, 0.6) is 5.75 Å². The lowest BCUT2D eigenvalue weighted by atomic mass is 9.96. The third-order valence-electron chi connectivity index (χ3n) is 3.32. The number of aryl methyl sites for hydroxylation is 3. The predicted molar refractivity (Wildman–Crippen MR) is 79.6 cm³/mol. The highest BCUT2D eigenvalue weighted by molar-refractivity contribution is 5.90. The molecule has 0 bridgehead atoms. The molecule has 3 heteroatoms. The minimum atomic E-state index is -0.906. The van der Waals surface area contributed by atoms with Gasteiger partial charge < -0.3 is 9.84 Å². The summed E-state index contributed by atoms with van der Waals surface area (Å²) in [5.41, 5.74) is 5.25. The molecule has 2 rings (SSSR count). The topological polar surface area (TPSA) is 46.5 Å². The summed E-state index contributed by atoms with van der Waals surface area (Å²) in [6.45, 7) is 5.88. The number of rotatable bonds is 3. The Morgan fingerprint density at radius 1 is 0.950 bits per heavy atom. The smallest absolute Gasteiger partial charge is 0.335 e. The maximum Gasteiger partial charge on any atom is 0.335 e. The maximum absolute atomic E-state index is 11.2. The molecule has 3 nitrogen and oxygen atoms in total. The second-order valence-corrected chi connectivity index (χ2v) is 5.04. The summed E-state index contributed by atoms with van der Waals surface area (Å²) in [6, 6.07) is 9.41. The van der Waals surface area contributed by atoms with Crippen LogP contribution in [0.2, 0.25) is 0 Å². The van der Waals surface area contributed by atoms with Crippen LogP contribution >= 0.6 is 0 Å². The zero-order chi connectivity index (χ0) is 14.9. The molecule has 0 amide bonds. The van der Waals surface area contributed by atoms with Gasteiger partial charge >= 0.3 is 5.97 Å². The highest BCUT2D eigenvalue weighted by atomic mass is 16.5. The first-order valence-corrected chi connectivity index (χ1v) is 6.43. The fraction of sp³-hybridized carbons (Fsp3) is 0.235. The van der Waals surface area contributed by atoms with Gasteiger partial charge in [0.05, 0.1) is 12.7 Å². The van der Waals surface area contributed by atoms with Crippen LogP contribution in [0.3, 0.4) is 0 Å². The van der Waals surface area contributed by atoms with E-state index in [1.54, 1.807) is 19.2 Å². The summed E-state index contributed by atoms with van der Waals surface area (Å²) < 4.78 is 5.36. The Balaban J connectivity index is 2.60. The minimum absolute atomic E-state index is 0.311. The number of hydrogen-bond acceptors (Lipinski definition) is 2. The van der Waals surface area contributed by atoms with Gasteiger partial charge in [0.2, 0.25) is 0 Å². The molecule has 1 N–H and O–H groups in total. The van der Waals surface area contributed by atoms with E-state index in [2.05, 4.69) is 0 Å². The minimum Gasteiger partial charge on any atom is -0.496 e. The quantitative estimate of drug-likeness (QED) is 0.917. The normalized spacial score (nSPS) is 10.4. The number of hydrogen-bond donors (Lipinski definition) is 1. The second kappa shape index (κ2) is 5.37. The Bertz CT molecular complexity index is 649. The lowest BCUT2D eigenvalue weighted by molar-refractivity contribution is 0.0697. The van der Waals surface area contributed by atoms with Crippen LogP contribution < -0.4 is 4.74 Å². The Morgan fingerprint density at radius 2 is 1.50 bits per heavy atom. The van der Waals surface area contributed by atoms with E-state index in [9.17, 15) is 4.79 Å². The largest absolute Gasteiger partial charge is 0.496 e. The van der Waals surface area contributed by atoms with Crippen LogP contribution in [0, 0.1) is 20.8 Å². The molecule has 0 unspecified atom stereocenters. The maximum atomic E-state index is 11.2. The summed E-state index contributed by atoms with van der Waals surface area (Å²) in [4.78, 5) is 11.2. The van der Waals surface area contributed by atoms with E-state index < -0.39 is 5.97 Å². The van der Waals surface area contributed by atoms with Gasteiger partial charge in [-0.25, -0.2) is 4.79 Å². The Hall–Kier alpha value is -2.29. The van der Waals surface area contributed by atoms with E-state index >= 15 is 0 Å². The van der Waals surface area contributed by atoms with E-state index in [0.29, 0.717) is 5.56 Å². The van der Waals surface area contributed by atoms with Gasteiger partial charge in [0.15, 0.2) is 0 Å². The van der Waals surface area contributed by atoms with Gasteiger partial charge in [0.1, 0.15) is 5.75 Å². The lowest BCUT2D eigenvalue weighted by Crippen LogP contribution is -1.98. The van der Waals surface area contributed by atoms with Gasteiger partial charge in [-0.3, -0.25) is 0 Å². The van der Waals surface area contributed by atoms with Gasteiger partial charge in [-0.15, -0.1) is 0 Å². The van der Waals surface area contributed by atoms with E-state index in [1.807, 2.05) is 39.0 Å². The average molecular weight is 270 g/mol. The Morgan fingerprint density at radius 3 is 2.00 bits per heavy atom. The van der Waals surface area contributed by atoms with Crippen LogP contribution in [-0.2, 0) is 0 Å². The number of methoxy groups -OCH3 is 1. The van der Waals surface area contributed by atoms with Crippen LogP contribution in [-0.4, -0.2) is 18.2 Å². The van der Waals surface area contributed by atoms with Gasteiger partial charge in [0, 0.05) is 0 Å². The van der Waals surface area contributed by atoms with Crippen molar-refractivity contribution in [1.29, 1.82) is 0 Å². The monoisotopic (exact) mass is 270 g/mol. The van der Waals surface area contributed by atoms with Crippen molar-refractivity contribution in [3.63, 3.8) is 0 Å². The van der Waals surface area contributed by atoms with Gasteiger partial charge in [-0.2, -0.15) is 0 Å². The summed E-state index contributed by atoms with van der Waals surface area (Å²) in [6.07, 6.45) is 0. The van der Waals surface area contributed by atoms with E-state index in [0.717, 1.165) is 33.6 Å². The van der Waals surface area contributed by atoms with Crippen molar-refractivity contribution in [2.75, 3.05) is 7.11 Å². The second-order valence-electron chi connectivity index (χ2n) is 5.04. The van der Waals surface area contributed by atoms with Crippen molar-refractivity contribution in [3.05, 3.63) is 52.6 Å². The predicted octanol–water partition coefficient (Wildman–Crippen LogP) is 3.99. The molecule has 0 aromatic heterocycles.